The second kappa shape index (κ2) is 7.76. The molecule has 2 rings (SSSR count). The van der Waals surface area contributed by atoms with Gasteiger partial charge in [-0.05, 0) is 24.3 Å². The van der Waals surface area contributed by atoms with Crippen molar-refractivity contribution in [2.75, 3.05) is 13.6 Å². The van der Waals surface area contributed by atoms with E-state index in [9.17, 15) is 14.7 Å². The highest BCUT2D eigenvalue weighted by molar-refractivity contribution is 6.31. The van der Waals surface area contributed by atoms with Gasteiger partial charge in [0, 0.05) is 35.3 Å². The van der Waals surface area contributed by atoms with E-state index in [1.807, 2.05) is 0 Å². The molecule has 0 aromatic heterocycles. The number of carbonyl (C=O) groups is 2. The van der Waals surface area contributed by atoms with Crippen molar-refractivity contribution in [3.05, 3.63) is 70.2 Å². The summed E-state index contributed by atoms with van der Waals surface area (Å²) in [5, 5.41) is 15.7. The van der Waals surface area contributed by atoms with Crippen molar-refractivity contribution in [2.24, 2.45) is 0 Å². The smallest absolute Gasteiger partial charge is 0.251 e. The number of hydrogen-bond acceptors (Lipinski definition) is 3. The number of hydrogen-bond donors (Lipinski definition) is 3. The maximum absolute atomic E-state index is 12.1. The van der Waals surface area contributed by atoms with Crippen molar-refractivity contribution in [3.8, 4) is 0 Å². The molecule has 1 atom stereocenters. The first-order valence-corrected chi connectivity index (χ1v) is 7.43. The quantitative estimate of drug-likeness (QED) is 0.785. The summed E-state index contributed by atoms with van der Waals surface area (Å²) in [7, 11) is 1.52. The van der Waals surface area contributed by atoms with Crippen LogP contribution in [0.3, 0.4) is 0 Å². The molecule has 23 heavy (non-hydrogen) atoms. The van der Waals surface area contributed by atoms with Crippen molar-refractivity contribution in [1.29, 1.82) is 0 Å². The van der Waals surface area contributed by atoms with Crippen LogP contribution in [0.2, 0.25) is 5.02 Å². The third-order valence-corrected chi connectivity index (χ3v) is 3.68. The molecule has 0 saturated carbocycles. The maximum atomic E-state index is 12.1. The monoisotopic (exact) mass is 332 g/mol. The van der Waals surface area contributed by atoms with E-state index >= 15 is 0 Å². The number of aliphatic hydroxyl groups excluding tert-OH is 1. The molecule has 5 nitrogen and oxygen atoms in total. The van der Waals surface area contributed by atoms with Gasteiger partial charge in [0.05, 0.1) is 6.10 Å². The van der Waals surface area contributed by atoms with Crippen molar-refractivity contribution in [1.82, 2.24) is 10.6 Å². The lowest BCUT2D eigenvalue weighted by atomic mass is 10.1. The van der Waals surface area contributed by atoms with Gasteiger partial charge in [-0.1, -0.05) is 35.9 Å². The summed E-state index contributed by atoms with van der Waals surface area (Å²) in [6.07, 6.45) is -0.908. The number of halogens is 1. The molecule has 0 heterocycles. The predicted octanol–water partition coefficient (Wildman–Crippen LogP) is 2.16. The van der Waals surface area contributed by atoms with Crippen LogP contribution in [0.15, 0.2) is 48.5 Å². The standard InChI is InChI=1S/C17H17ClN2O3/c1-19-16(22)11-5-4-6-12(9-11)17(23)20-10-15(21)13-7-2-3-8-14(13)18/h2-9,15,21H,10H2,1H3,(H,19,22)(H,20,23)/t15-/m0/s1. The highest BCUT2D eigenvalue weighted by Gasteiger charge is 2.14. The SMILES string of the molecule is CNC(=O)c1cccc(C(=O)NC[C@H](O)c2ccccc2Cl)c1. The molecule has 2 aromatic carbocycles. The lowest BCUT2D eigenvalue weighted by Crippen LogP contribution is -2.29. The van der Waals surface area contributed by atoms with Crippen LogP contribution in [0.25, 0.3) is 0 Å². The van der Waals surface area contributed by atoms with E-state index in [2.05, 4.69) is 10.6 Å². The number of amides is 2. The lowest BCUT2D eigenvalue weighted by molar-refractivity contribution is 0.0916. The van der Waals surface area contributed by atoms with Crippen LogP contribution in [0.4, 0.5) is 0 Å². The molecule has 0 fully saturated rings. The van der Waals surface area contributed by atoms with Crippen molar-refractivity contribution >= 4 is 23.4 Å². The molecule has 6 heteroatoms. The lowest BCUT2D eigenvalue weighted by Gasteiger charge is -2.14. The number of nitrogens with one attached hydrogen (secondary N) is 2. The Labute approximate surface area is 139 Å². The number of carbonyl (C=O) groups excluding carboxylic acids is 2. The van der Waals surface area contributed by atoms with E-state index in [-0.39, 0.29) is 18.4 Å². The molecular weight excluding hydrogens is 316 g/mol. The van der Waals surface area contributed by atoms with Gasteiger partial charge in [0.1, 0.15) is 0 Å². The molecule has 0 aliphatic carbocycles. The highest BCUT2D eigenvalue weighted by Crippen LogP contribution is 2.21. The second-order valence-corrected chi connectivity index (χ2v) is 5.31. The summed E-state index contributed by atoms with van der Waals surface area (Å²) >= 11 is 6.01. The van der Waals surface area contributed by atoms with Gasteiger partial charge in [0.15, 0.2) is 0 Å². The Bertz CT molecular complexity index is 718. The Kier molecular flexibility index (Phi) is 5.73. The van der Waals surface area contributed by atoms with E-state index in [4.69, 9.17) is 11.6 Å². The largest absolute Gasteiger partial charge is 0.387 e. The van der Waals surface area contributed by atoms with Gasteiger partial charge in [0.25, 0.3) is 11.8 Å². The fraction of sp³-hybridized carbons (Fsp3) is 0.176. The number of aliphatic hydroxyl groups is 1. The summed E-state index contributed by atoms with van der Waals surface area (Å²) < 4.78 is 0. The van der Waals surface area contributed by atoms with Crippen molar-refractivity contribution < 1.29 is 14.7 Å². The fourth-order valence-electron chi connectivity index (χ4n) is 2.09. The van der Waals surface area contributed by atoms with Crippen molar-refractivity contribution in [2.45, 2.75) is 6.10 Å². The normalized spacial score (nSPS) is 11.6. The fourth-order valence-corrected chi connectivity index (χ4v) is 2.35. The average molecular weight is 333 g/mol. The molecule has 120 valence electrons. The van der Waals surface area contributed by atoms with Crippen molar-refractivity contribution in [3.63, 3.8) is 0 Å². The van der Waals surface area contributed by atoms with E-state index in [0.717, 1.165) is 0 Å². The molecule has 0 unspecified atom stereocenters. The van der Waals surface area contributed by atoms with Gasteiger partial charge in [-0.2, -0.15) is 0 Å². The molecule has 2 aromatic rings. The summed E-state index contributed by atoms with van der Waals surface area (Å²) in [5.74, 6) is -0.641. The van der Waals surface area contributed by atoms with Crippen LogP contribution >= 0.6 is 11.6 Å². The first-order valence-electron chi connectivity index (χ1n) is 7.05. The topological polar surface area (TPSA) is 78.4 Å². The van der Waals surface area contributed by atoms with E-state index in [1.165, 1.54) is 13.1 Å². The first kappa shape index (κ1) is 17.0. The third-order valence-electron chi connectivity index (χ3n) is 3.33. The second-order valence-electron chi connectivity index (χ2n) is 4.91. The van der Waals surface area contributed by atoms with Crippen LogP contribution in [-0.4, -0.2) is 30.5 Å². The van der Waals surface area contributed by atoms with Crippen LogP contribution in [0, 0.1) is 0 Å². The number of benzene rings is 2. The highest BCUT2D eigenvalue weighted by atomic mass is 35.5. The van der Waals surface area contributed by atoms with E-state index in [0.29, 0.717) is 21.7 Å². The van der Waals surface area contributed by atoms with E-state index < -0.39 is 6.10 Å². The van der Waals surface area contributed by atoms with Gasteiger partial charge >= 0.3 is 0 Å². The number of rotatable bonds is 5. The van der Waals surface area contributed by atoms with Gasteiger partial charge in [-0.3, -0.25) is 9.59 Å². The zero-order valence-electron chi connectivity index (χ0n) is 12.5. The Morgan fingerprint density at radius 2 is 1.74 bits per heavy atom. The van der Waals surface area contributed by atoms with Gasteiger partial charge in [-0.15, -0.1) is 0 Å². The molecule has 0 radical (unpaired) electrons. The minimum Gasteiger partial charge on any atom is -0.387 e. The van der Waals surface area contributed by atoms with Gasteiger partial charge in [-0.25, -0.2) is 0 Å². The Hall–Kier alpha value is -2.37. The molecule has 3 N–H and O–H groups in total. The third kappa shape index (κ3) is 4.31. The Morgan fingerprint density at radius 1 is 1.09 bits per heavy atom. The predicted molar refractivity (Wildman–Crippen MR) is 88.6 cm³/mol. The molecule has 0 aliphatic heterocycles. The van der Waals surface area contributed by atoms with Crippen LogP contribution in [-0.2, 0) is 0 Å². The molecular formula is C17H17ClN2O3. The molecule has 0 spiro atoms. The van der Waals surface area contributed by atoms with Crippen LogP contribution in [0.1, 0.15) is 32.4 Å². The molecule has 0 bridgehead atoms. The summed E-state index contributed by atoms with van der Waals surface area (Å²) in [6.45, 7) is 0.0206. The average Bonchev–Trinajstić information content (AvgIpc) is 2.59. The first-order chi connectivity index (χ1) is 11.0. The molecule has 0 saturated heterocycles. The minimum absolute atomic E-state index is 0.0206. The zero-order valence-corrected chi connectivity index (χ0v) is 13.3. The molecule has 2 amide bonds. The van der Waals surface area contributed by atoms with Gasteiger partial charge < -0.3 is 15.7 Å². The minimum atomic E-state index is -0.908. The summed E-state index contributed by atoms with van der Waals surface area (Å²) in [4.78, 5) is 23.7. The Morgan fingerprint density at radius 3 is 2.39 bits per heavy atom. The maximum Gasteiger partial charge on any atom is 0.251 e. The summed E-state index contributed by atoms with van der Waals surface area (Å²) in [5.41, 5.74) is 1.29. The van der Waals surface area contributed by atoms with Crippen LogP contribution in [0.5, 0.6) is 0 Å². The zero-order chi connectivity index (χ0) is 16.8. The van der Waals surface area contributed by atoms with Crippen LogP contribution < -0.4 is 10.6 Å². The summed E-state index contributed by atoms with van der Waals surface area (Å²) in [6, 6.07) is 13.2. The van der Waals surface area contributed by atoms with Gasteiger partial charge in [0.2, 0.25) is 0 Å². The molecule has 0 aliphatic rings. The Balaban J connectivity index is 2.02. The van der Waals surface area contributed by atoms with E-state index in [1.54, 1.807) is 42.5 Å².